The van der Waals surface area contributed by atoms with E-state index in [-0.39, 0.29) is 11.0 Å². The SMILES string of the molecule is CCCCCCCCCCn1ccnc1C.CCCCCCCCCCn1ccnc1C.O.O. The molecular formula is C28H56N4O2. The first-order valence-corrected chi connectivity index (χ1v) is 13.6. The number of imidazole rings is 2. The number of hydrogen-bond acceptors (Lipinski definition) is 2. The van der Waals surface area contributed by atoms with Gasteiger partial charge < -0.3 is 20.1 Å². The average Bonchev–Trinajstić information content (AvgIpc) is 3.40. The Morgan fingerprint density at radius 3 is 1.06 bits per heavy atom. The molecule has 6 heteroatoms. The Morgan fingerprint density at radius 1 is 0.500 bits per heavy atom. The Hall–Kier alpha value is -1.66. The second-order valence-corrected chi connectivity index (χ2v) is 9.29. The van der Waals surface area contributed by atoms with Crippen LogP contribution in [0.4, 0.5) is 0 Å². The van der Waals surface area contributed by atoms with Crippen molar-refractivity contribution < 1.29 is 11.0 Å². The summed E-state index contributed by atoms with van der Waals surface area (Å²) in [5, 5.41) is 0. The molecule has 0 aliphatic heterocycles. The molecule has 0 radical (unpaired) electrons. The molecule has 0 atom stereocenters. The van der Waals surface area contributed by atoms with Gasteiger partial charge in [-0.3, -0.25) is 0 Å². The van der Waals surface area contributed by atoms with Crippen LogP contribution in [0.5, 0.6) is 0 Å². The predicted octanol–water partition coefficient (Wildman–Crippen LogP) is 7.02. The third kappa shape index (κ3) is 17.8. The summed E-state index contributed by atoms with van der Waals surface area (Å²) in [4.78, 5) is 8.46. The van der Waals surface area contributed by atoms with Gasteiger partial charge in [-0.1, -0.05) is 104 Å². The molecule has 0 bridgehead atoms. The van der Waals surface area contributed by atoms with E-state index < -0.39 is 0 Å². The van der Waals surface area contributed by atoms with E-state index in [4.69, 9.17) is 0 Å². The summed E-state index contributed by atoms with van der Waals surface area (Å²) in [6.07, 6.45) is 30.1. The normalized spacial score (nSPS) is 10.2. The van der Waals surface area contributed by atoms with Crippen molar-refractivity contribution in [2.24, 2.45) is 0 Å². The van der Waals surface area contributed by atoms with Crippen molar-refractivity contribution in [2.75, 3.05) is 0 Å². The lowest BCUT2D eigenvalue weighted by Gasteiger charge is -2.04. The van der Waals surface area contributed by atoms with Crippen LogP contribution < -0.4 is 0 Å². The van der Waals surface area contributed by atoms with E-state index in [0.717, 1.165) is 24.7 Å². The van der Waals surface area contributed by atoms with Crippen LogP contribution in [0.3, 0.4) is 0 Å². The van der Waals surface area contributed by atoms with Gasteiger partial charge in [0.1, 0.15) is 11.6 Å². The van der Waals surface area contributed by atoms with E-state index in [1.807, 2.05) is 12.4 Å². The topological polar surface area (TPSA) is 98.6 Å². The standard InChI is InChI=1S/2C14H26N2.2H2O/c2*1-3-4-5-6-7-8-9-10-12-16-13-11-15-14(16)2;;/h2*11,13H,3-10,12H2,1-2H3;2*1H2. The lowest BCUT2D eigenvalue weighted by atomic mass is 10.1. The summed E-state index contributed by atoms with van der Waals surface area (Å²) in [6.45, 7) is 11.0. The molecule has 2 heterocycles. The highest BCUT2D eigenvalue weighted by molar-refractivity contribution is 4.88. The molecule has 0 amide bonds. The van der Waals surface area contributed by atoms with Crippen LogP contribution >= 0.6 is 0 Å². The lowest BCUT2D eigenvalue weighted by Crippen LogP contribution is -1.98. The van der Waals surface area contributed by atoms with Crippen LogP contribution in [-0.2, 0) is 13.1 Å². The van der Waals surface area contributed by atoms with Gasteiger partial charge in [-0.25, -0.2) is 9.97 Å². The molecule has 0 saturated carbocycles. The number of rotatable bonds is 18. The first-order chi connectivity index (χ1) is 15.7. The molecule has 0 saturated heterocycles. The average molecular weight is 481 g/mol. The Balaban J connectivity index is 0. The second-order valence-electron chi connectivity index (χ2n) is 9.29. The molecule has 0 aliphatic rings. The van der Waals surface area contributed by atoms with Crippen molar-refractivity contribution in [3.05, 3.63) is 36.4 Å². The highest BCUT2D eigenvalue weighted by atomic mass is 16.0. The maximum absolute atomic E-state index is 4.23. The molecule has 0 spiro atoms. The number of aryl methyl sites for hydroxylation is 4. The summed E-state index contributed by atoms with van der Waals surface area (Å²) < 4.78 is 4.49. The van der Waals surface area contributed by atoms with Crippen molar-refractivity contribution in [1.82, 2.24) is 19.1 Å². The van der Waals surface area contributed by atoms with Crippen molar-refractivity contribution >= 4 is 0 Å². The van der Waals surface area contributed by atoms with Crippen LogP contribution in [-0.4, -0.2) is 30.1 Å². The summed E-state index contributed by atoms with van der Waals surface area (Å²) in [5.74, 6) is 2.28. The maximum Gasteiger partial charge on any atom is 0.105 e. The molecule has 0 unspecified atom stereocenters. The fraction of sp³-hybridized carbons (Fsp3) is 0.786. The Labute approximate surface area is 210 Å². The Bertz CT molecular complexity index is 598. The first kappa shape index (κ1) is 34.5. The van der Waals surface area contributed by atoms with Gasteiger partial charge in [0.05, 0.1) is 0 Å². The summed E-state index contributed by atoms with van der Waals surface area (Å²) >= 11 is 0. The van der Waals surface area contributed by atoms with Gasteiger partial charge in [0.15, 0.2) is 0 Å². The van der Waals surface area contributed by atoms with Gasteiger partial charge in [0, 0.05) is 37.9 Å². The van der Waals surface area contributed by atoms with Crippen LogP contribution in [0, 0.1) is 13.8 Å². The molecule has 2 aromatic rings. The molecule has 2 aromatic heterocycles. The van der Waals surface area contributed by atoms with Crippen LogP contribution in [0.2, 0.25) is 0 Å². The monoisotopic (exact) mass is 480 g/mol. The number of nitrogens with zero attached hydrogens (tertiary/aromatic N) is 4. The second kappa shape index (κ2) is 24.5. The van der Waals surface area contributed by atoms with Gasteiger partial charge in [-0.15, -0.1) is 0 Å². The zero-order chi connectivity index (χ0) is 23.3. The van der Waals surface area contributed by atoms with E-state index in [9.17, 15) is 0 Å². The minimum absolute atomic E-state index is 0. The van der Waals surface area contributed by atoms with Crippen molar-refractivity contribution in [2.45, 2.75) is 144 Å². The van der Waals surface area contributed by atoms with Crippen molar-refractivity contribution in [1.29, 1.82) is 0 Å². The zero-order valence-electron chi connectivity index (χ0n) is 22.8. The highest BCUT2D eigenvalue weighted by Gasteiger charge is 1.97. The minimum atomic E-state index is 0. The Morgan fingerprint density at radius 2 is 0.794 bits per heavy atom. The fourth-order valence-electron chi connectivity index (χ4n) is 4.11. The van der Waals surface area contributed by atoms with Crippen LogP contribution in [0.25, 0.3) is 0 Å². The smallest absolute Gasteiger partial charge is 0.105 e. The van der Waals surface area contributed by atoms with Crippen LogP contribution in [0.1, 0.15) is 128 Å². The molecule has 34 heavy (non-hydrogen) atoms. The maximum atomic E-state index is 4.23. The quantitative estimate of drug-likeness (QED) is 0.214. The van der Waals surface area contributed by atoms with Crippen molar-refractivity contribution in [3.8, 4) is 0 Å². The third-order valence-corrected chi connectivity index (χ3v) is 6.35. The van der Waals surface area contributed by atoms with E-state index >= 15 is 0 Å². The number of hydrogen-bond donors (Lipinski definition) is 0. The van der Waals surface area contributed by atoms with Crippen molar-refractivity contribution in [3.63, 3.8) is 0 Å². The largest absolute Gasteiger partial charge is 0.412 e. The van der Waals surface area contributed by atoms with E-state index in [2.05, 4.69) is 59.2 Å². The summed E-state index contributed by atoms with van der Waals surface area (Å²) in [5.41, 5.74) is 0. The Kier molecular flexibility index (Phi) is 24.8. The summed E-state index contributed by atoms with van der Waals surface area (Å²) in [6, 6.07) is 0. The molecule has 0 fully saturated rings. The van der Waals surface area contributed by atoms with E-state index in [1.54, 1.807) is 0 Å². The zero-order valence-corrected chi connectivity index (χ0v) is 22.8. The highest BCUT2D eigenvalue weighted by Crippen LogP contribution is 2.10. The number of aromatic nitrogens is 4. The molecular weight excluding hydrogens is 424 g/mol. The molecule has 0 aliphatic carbocycles. The third-order valence-electron chi connectivity index (χ3n) is 6.35. The van der Waals surface area contributed by atoms with Crippen LogP contribution in [0.15, 0.2) is 24.8 Å². The fourth-order valence-corrected chi connectivity index (χ4v) is 4.11. The van der Waals surface area contributed by atoms with E-state index in [0.29, 0.717) is 0 Å². The van der Waals surface area contributed by atoms with Gasteiger partial charge in [0.2, 0.25) is 0 Å². The molecule has 2 rings (SSSR count). The lowest BCUT2D eigenvalue weighted by molar-refractivity contribution is 0.539. The minimum Gasteiger partial charge on any atom is -0.412 e. The predicted molar refractivity (Wildman–Crippen MR) is 146 cm³/mol. The van der Waals surface area contributed by atoms with E-state index in [1.165, 1.54) is 103 Å². The van der Waals surface area contributed by atoms with Gasteiger partial charge in [-0.2, -0.15) is 0 Å². The molecule has 200 valence electrons. The van der Waals surface area contributed by atoms with Gasteiger partial charge in [0.25, 0.3) is 0 Å². The van der Waals surface area contributed by atoms with Gasteiger partial charge >= 0.3 is 0 Å². The number of unbranched alkanes of at least 4 members (excludes halogenated alkanes) is 14. The molecule has 6 nitrogen and oxygen atoms in total. The first-order valence-electron chi connectivity index (χ1n) is 13.6. The molecule has 0 aromatic carbocycles. The summed E-state index contributed by atoms with van der Waals surface area (Å²) in [7, 11) is 0. The molecule has 4 N–H and O–H groups in total. The van der Waals surface area contributed by atoms with Gasteiger partial charge in [-0.05, 0) is 26.7 Å².